The first-order valence-corrected chi connectivity index (χ1v) is 8.20. The molecule has 98 valence electrons. The van der Waals surface area contributed by atoms with Crippen molar-refractivity contribution in [3.63, 3.8) is 0 Å². The summed E-state index contributed by atoms with van der Waals surface area (Å²) in [6, 6.07) is 0.736. The molecule has 2 heterocycles. The molecule has 2 aliphatic heterocycles. The van der Waals surface area contributed by atoms with E-state index >= 15 is 0 Å². The van der Waals surface area contributed by atoms with Crippen molar-refractivity contribution in [2.75, 3.05) is 25.4 Å². The van der Waals surface area contributed by atoms with Gasteiger partial charge in [0, 0.05) is 30.6 Å². The molecule has 17 heavy (non-hydrogen) atoms. The second kappa shape index (κ2) is 5.50. The van der Waals surface area contributed by atoms with E-state index in [0.717, 1.165) is 32.5 Å². The van der Waals surface area contributed by atoms with Crippen molar-refractivity contribution in [1.82, 2.24) is 10.2 Å². The maximum absolute atomic E-state index is 11.4. The second-order valence-electron chi connectivity index (χ2n) is 4.99. The molecule has 1 saturated heterocycles. The zero-order valence-corrected chi connectivity index (χ0v) is 11.2. The Morgan fingerprint density at radius 2 is 2.06 bits per heavy atom. The fraction of sp³-hybridized carbons (Fsp3) is 0.833. The average molecular weight is 258 g/mol. The first-order chi connectivity index (χ1) is 8.11. The summed E-state index contributed by atoms with van der Waals surface area (Å²) in [6.07, 6.45) is 5.27. The normalized spacial score (nSPS) is 29.8. The van der Waals surface area contributed by atoms with Gasteiger partial charge in [0.1, 0.15) is 0 Å². The van der Waals surface area contributed by atoms with Crippen LogP contribution in [-0.2, 0) is 9.84 Å². The zero-order valence-electron chi connectivity index (χ0n) is 10.4. The Hall–Kier alpha value is -0.390. The lowest BCUT2D eigenvalue weighted by atomic mass is 10.0. The Morgan fingerprint density at radius 1 is 1.35 bits per heavy atom. The summed E-state index contributed by atoms with van der Waals surface area (Å²) in [4.78, 5) is 2.30. The van der Waals surface area contributed by atoms with Gasteiger partial charge < -0.3 is 5.32 Å². The molecule has 0 radical (unpaired) electrons. The molecule has 0 saturated carbocycles. The molecule has 0 spiro atoms. The van der Waals surface area contributed by atoms with Crippen LogP contribution in [0.2, 0.25) is 0 Å². The van der Waals surface area contributed by atoms with Crippen LogP contribution in [0.3, 0.4) is 0 Å². The van der Waals surface area contributed by atoms with Crippen LogP contribution >= 0.6 is 0 Å². The molecule has 0 aliphatic carbocycles. The molecule has 1 fully saturated rings. The predicted octanol–water partition coefficient (Wildman–Crippen LogP) is 0.761. The quantitative estimate of drug-likeness (QED) is 0.809. The molecule has 4 nitrogen and oxygen atoms in total. The van der Waals surface area contributed by atoms with Crippen molar-refractivity contribution < 1.29 is 8.42 Å². The lowest BCUT2D eigenvalue weighted by Crippen LogP contribution is -2.47. The van der Waals surface area contributed by atoms with E-state index < -0.39 is 9.84 Å². The number of likely N-dealkylation sites (tertiary alicyclic amines) is 1. The average Bonchev–Trinajstić information content (AvgIpc) is 2.68. The van der Waals surface area contributed by atoms with Crippen LogP contribution < -0.4 is 5.32 Å². The van der Waals surface area contributed by atoms with Crippen LogP contribution in [0.1, 0.15) is 26.2 Å². The van der Waals surface area contributed by atoms with E-state index in [2.05, 4.69) is 17.1 Å². The molecule has 2 rings (SSSR count). The molecule has 1 unspecified atom stereocenters. The first kappa shape index (κ1) is 13.1. The lowest BCUT2D eigenvalue weighted by molar-refractivity contribution is 0.177. The van der Waals surface area contributed by atoms with Gasteiger partial charge in [0.25, 0.3) is 0 Å². The summed E-state index contributed by atoms with van der Waals surface area (Å²) in [6.45, 7) is 5.27. The van der Waals surface area contributed by atoms with Crippen molar-refractivity contribution in [3.05, 3.63) is 11.5 Å². The van der Waals surface area contributed by atoms with Gasteiger partial charge in [-0.1, -0.05) is 13.0 Å². The zero-order chi connectivity index (χ0) is 12.3. The van der Waals surface area contributed by atoms with Crippen molar-refractivity contribution in [2.24, 2.45) is 0 Å². The van der Waals surface area contributed by atoms with E-state index in [1.807, 2.05) is 6.08 Å². The lowest BCUT2D eigenvalue weighted by Gasteiger charge is -2.35. The molecular weight excluding hydrogens is 236 g/mol. The van der Waals surface area contributed by atoms with Gasteiger partial charge in [-0.25, -0.2) is 8.42 Å². The van der Waals surface area contributed by atoms with Crippen LogP contribution in [-0.4, -0.2) is 50.8 Å². The van der Waals surface area contributed by atoms with Gasteiger partial charge in [0.15, 0.2) is 9.84 Å². The van der Waals surface area contributed by atoms with Crippen molar-refractivity contribution in [1.29, 1.82) is 0 Å². The molecule has 2 aliphatic rings. The van der Waals surface area contributed by atoms with Gasteiger partial charge in [0.05, 0.1) is 5.75 Å². The minimum atomic E-state index is -2.91. The summed E-state index contributed by atoms with van der Waals surface area (Å²) in [5.74, 6) is 0.278. The van der Waals surface area contributed by atoms with Crippen molar-refractivity contribution in [3.8, 4) is 0 Å². The van der Waals surface area contributed by atoms with E-state index in [1.165, 1.54) is 11.8 Å². The Balaban J connectivity index is 1.78. The summed E-state index contributed by atoms with van der Waals surface area (Å²) in [5, 5.41) is 4.91. The van der Waals surface area contributed by atoms with Crippen LogP contribution in [0, 0.1) is 0 Å². The molecule has 0 aromatic carbocycles. The highest BCUT2D eigenvalue weighted by atomic mass is 32.2. The molecule has 1 N–H and O–H groups in total. The third-order valence-electron chi connectivity index (χ3n) is 3.59. The van der Waals surface area contributed by atoms with Crippen LogP contribution in [0.15, 0.2) is 11.5 Å². The van der Waals surface area contributed by atoms with E-state index in [1.54, 1.807) is 0 Å². The van der Waals surface area contributed by atoms with Crippen LogP contribution in [0.25, 0.3) is 0 Å². The summed E-state index contributed by atoms with van der Waals surface area (Å²) in [5.41, 5.74) is 0. The highest BCUT2D eigenvalue weighted by molar-refractivity contribution is 7.94. The number of nitrogens with zero attached hydrogens (tertiary/aromatic N) is 1. The van der Waals surface area contributed by atoms with Gasteiger partial charge >= 0.3 is 0 Å². The van der Waals surface area contributed by atoms with Crippen LogP contribution in [0.4, 0.5) is 0 Å². The summed E-state index contributed by atoms with van der Waals surface area (Å²) < 4.78 is 22.7. The standard InChI is InChI=1S/C12H22N2O2S/c1-2-6-13-11-3-7-14(8-4-11)12-5-9-17(15,16)10-12/h5,9,11-13H,2-4,6-8,10H2,1H3. The second-order valence-corrected chi connectivity index (χ2v) is 6.92. The van der Waals surface area contributed by atoms with Crippen LogP contribution in [0.5, 0.6) is 0 Å². The van der Waals surface area contributed by atoms with Gasteiger partial charge in [0.2, 0.25) is 0 Å². The van der Waals surface area contributed by atoms with E-state index in [9.17, 15) is 8.42 Å². The topological polar surface area (TPSA) is 49.4 Å². The van der Waals surface area contributed by atoms with Gasteiger partial charge in [-0.15, -0.1) is 0 Å². The van der Waals surface area contributed by atoms with Crippen molar-refractivity contribution in [2.45, 2.75) is 38.3 Å². The predicted molar refractivity (Wildman–Crippen MR) is 69.6 cm³/mol. The molecule has 0 aromatic rings. The fourth-order valence-electron chi connectivity index (χ4n) is 2.57. The Bertz CT molecular complexity index is 370. The highest BCUT2D eigenvalue weighted by Crippen LogP contribution is 2.19. The molecule has 5 heteroatoms. The van der Waals surface area contributed by atoms with Gasteiger partial charge in [-0.2, -0.15) is 0 Å². The maximum Gasteiger partial charge on any atom is 0.173 e. The molecular formula is C12H22N2O2S. The minimum Gasteiger partial charge on any atom is -0.314 e. The highest BCUT2D eigenvalue weighted by Gasteiger charge is 2.29. The number of hydrogen-bond acceptors (Lipinski definition) is 4. The molecule has 0 amide bonds. The summed E-state index contributed by atoms with van der Waals surface area (Å²) >= 11 is 0. The molecule has 0 bridgehead atoms. The monoisotopic (exact) mass is 258 g/mol. The third-order valence-corrected chi connectivity index (χ3v) is 4.97. The minimum absolute atomic E-state index is 0.118. The van der Waals surface area contributed by atoms with Gasteiger partial charge in [-0.05, 0) is 25.8 Å². The Kier molecular flexibility index (Phi) is 4.22. The Morgan fingerprint density at radius 3 is 2.59 bits per heavy atom. The fourth-order valence-corrected chi connectivity index (χ4v) is 3.90. The smallest absolute Gasteiger partial charge is 0.173 e. The number of rotatable bonds is 4. The van der Waals surface area contributed by atoms with Crippen molar-refractivity contribution >= 4 is 9.84 Å². The van der Waals surface area contributed by atoms with E-state index in [-0.39, 0.29) is 11.8 Å². The number of sulfone groups is 1. The number of piperidine rings is 1. The molecule has 0 aromatic heterocycles. The number of nitrogens with one attached hydrogen (secondary N) is 1. The maximum atomic E-state index is 11.4. The van der Waals surface area contributed by atoms with E-state index in [0.29, 0.717) is 6.04 Å². The first-order valence-electron chi connectivity index (χ1n) is 6.49. The SMILES string of the molecule is CCCNC1CCN(C2C=CS(=O)(=O)C2)CC1. The third kappa shape index (κ3) is 3.53. The summed E-state index contributed by atoms with van der Waals surface area (Å²) in [7, 11) is -2.91. The molecule has 1 atom stereocenters. The Labute approximate surface area is 104 Å². The van der Waals surface area contributed by atoms with Gasteiger partial charge in [-0.3, -0.25) is 4.90 Å². The number of hydrogen-bond donors (Lipinski definition) is 1. The largest absolute Gasteiger partial charge is 0.314 e. The van der Waals surface area contributed by atoms with E-state index in [4.69, 9.17) is 0 Å².